The Bertz CT molecular complexity index is 387. The fourth-order valence-electron chi connectivity index (χ4n) is 1.87. The maximum absolute atomic E-state index is 13.5. The van der Waals surface area contributed by atoms with Crippen LogP contribution in [0.15, 0.2) is 18.2 Å². The molecule has 0 aliphatic carbocycles. The number of nitrogens with one attached hydrogen (secondary N) is 1. The van der Waals surface area contributed by atoms with E-state index in [0.717, 1.165) is 24.8 Å². The molecule has 1 aromatic rings. The molecule has 0 amide bonds. The third-order valence-electron chi connectivity index (χ3n) is 2.89. The van der Waals surface area contributed by atoms with Crippen molar-refractivity contribution in [1.29, 1.82) is 0 Å². The molecule has 0 radical (unpaired) electrons. The second-order valence-corrected chi connectivity index (χ2v) is 4.47. The number of halogens is 1. The van der Waals surface area contributed by atoms with Gasteiger partial charge in [-0.2, -0.15) is 0 Å². The number of esters is 1. The highest BCUT2D eigenvalue weighted by molar-refractivity contribution is 5.69. The largest absolute Gasteiger partial charge is 0.466 e. The molecule has 0 atom stereocenters. The Balaban J connectivity index is 2.16. The van der Waals surface area contributed by atoms with Gasteiger partial charge in [0.15, 0.2) is 0 Å². The fraction of sp³-hybridized carbons (Fsp3) is 0.533. The number of ether oxygens (including phenoxy) is 1. The number of hydrogen-bond donors (Lipinski definition) is 1. The summed E-state index contributed by atoms with van der Waals surface area (Å²) < 4.78 is 18.3. The van der Waals surface area contributed by atoms with Crippen LogP contribution >= 0.6 is 0 Å². The van der Waals surface area contributed by atoms with E-state index in [4.69, 9.17) is 4.74 Å². The smallest absolute Gasteiger partial charge is 0.305 e. The molecule has 0 spiro atoms. The molecule has 0 saturated heterocycles. The minimum absolute atomic E-state index is 0.139. The normalized spacial score (nSPS) is 10.3. The molecule has 0 aliphatic rings. The van der Waals surface area contributed by atoms with Gasteiger partial charge in [0.25, 0.3) is 0 Å². The number of anilines is 1. The van der Waals surface area contributed by atoms with Gasteiger partial charge in [0, 0.05) is 13.0 Å². The number of hydrogen-bond acceptors (Lipinski definition) is 3. The Hall–Kier alpha value is -1.58. The predicted molar refractivity (Wildman–Crippen MR) is 74.7 cm³/mol. The van der Waals surface area contributed by atoms with Crippen LogP contribution in [0.25, 0.3) is 0 Å². The van der Waals surface area contributed by atoms with E-state index in [1.165, 1.54) is 6.07 Å². The van der Waals surface area contributed by atoms with Crippen LogP contribution in [0.5, 0.6) is 0 Å². The summed E-state index contributed by atoms with van der Waals surface area (Å²) in [5, 5.41) is 3.10. The zero-order chi connectivity index (χ0) is 14.1. The number of para-hydroxylation sites is 1. The van der Waals surface area contributed by atoms with Crippen molar-refractivity contribution in [3.05, 3.63) is 29.6 Å². The summed E-state index contributed by atoms with van der Waals surface area (Å²) in [7, 11) is 0. The summed E-state index contributed by atoms with van der Waals surface area (Å²) in [6, 6.07) is 5.04. The van der Waals surface area contributed by atoms with Crippen molar-refractivity contribution in [1.82, 2.24) is 0 Å². The van der Waals surface area contributed by atoms with E-state index in [0.29, 0.717) is 25.3 Å². The SMILES string of the molecule is CCOC(=O)CCCCCNc1c(C)cccc1F. The van der Waals surface area contributed by atoms with E-state index in [1.54, 1.807) is 13.0 Å². The van der Waals surface area contributed by atoms with E-state index in [1.807, 2.05) is 13.0 Å². The average Bonchev–Trinajstić information content (AvgIpc) is 2.36. The lowest BCUT2D eigenvalue weighted by Gasteiger charge is -2.10. The van der Waals surface area contributed by atoms with E-state index in [2.05, 4.69) is 5.32 Å². The molecule has 1 rings (SSSR count). The second kappa shape index (κ2) is 8.51. The van der Waals surface area contributed by atoms with Gasteiger partial charge in [-0.1, -0.05) is 18.6 Å². The van der Waals surface area contributed by atoms with Gasteiger partial charge in [0.05, 0.1) is 12.3 Å². The fourth-order valence-corrected chi connectivity index (χ4v) is 1.87. The monoisotopic (exact) mass is 267 g/mol. The van der Waals surface area contributed by atoms with Crippen LogP contribution in [-0.4, -0.2) is 19.1 Å². The summed E-state index contributed by atoms with van der Waals surface area (Å²) in [5.41, 5.74) is 1.49. The summed E-state index contributed by atoms with van der Waals surface area (Å²) in [5.74, 6) is -0.355. The molecule has 0 saturated carbocycles. The molecule has 4 heteroatoms. The lowest BCUT2D eigenvalue weighted by molar-refractivity contribution is -0.143. The Morgan fingerprint density at radius 1 is 1.32 bits per heavy atom. The van der Waals surface area contributed by atoms with Crippen molar-refractivity contribution >= 4 is 11.7 Å². The minimum Gasteiger partial charge on any atom is -0.466 e. The standard InChI is InChI=1S/C15H22FNO2/c1-3-19-14(18)10-5-4-6-11-17-15-12(2)8-7-9-13(15)16/h7-9,17H,3-6,10-11H2,1-2H3. The van der Waals surface area contributed by atoms with Gasteiger partial charge < -0.3 is 10.1 Å². The molecule has 1 aromatic carbocycles. The van der Waals surface area contributed by atoms with E-state index in [9.17, 15) is 9.18 Å². The van der Waals surface area contributed by atoms with Gasteiger partial charge >= 0.3 is 5.97 Å². The number of unbranched alkanes of at least 4 members (excludes halogenated alkanes) is 2. The predicted octanol–water partition coefficient (Wildman–Crippen LogP) is 3.67. The highest BCUT2D eigenvalue weighted by atomic mass is 19.1. The number of benzene rings is 1. The molecule has 19 heavy (non-hydrogen) atoms. The van der Waals surface area contributed by atoms with Gasteiger partial charge in [-0.25, -0.2) is 4.39 Å². The summed E-state index contributed by atoms with van der Waals surface area (Å²) in [6.07, 6.45) is 3.12. The average molecular weight is 267 g/mol. The number of rotatable bonds is 8. The topological polar surface area (TPSA) is 38.3 Å². The first-order chi connectivity index (χ1) is 9.15. The maximum atomic E-state index is 13.5. The third-order valence-corrected chi connectivity index (χ3v) is 2.89. The second-order valence-electron chi connectivity index (χ2n) is 4.47. The molecule has 0 bridgehead atoms. The van der Waals surface area contributed by atoms with Crippen LogP contribution in [0.1, 0.15) is 38.2 Å². The zero-order valence-electron chi connectivity index (χ0n) is 11.7. The van der Waals surface area contributed by atoms with Crippen molar-refractivity contribution in [3.63, 3.8) is 0 Å². The molecule has 0 aromatic heterocycles. The van der Waals surface area contributed by atoms with E-state index < -0.39 is 0 Å². The van der Waals surface area contributed by atoms with Crippen molar-refractivity contribution in [2.24, 2.45) is 0 Å². The lowest BCUT2D eigenvalue weighted by Crippen LogP contribution is -2.06. The molecule has 0 heterocycles. The molecule has 1 N–H and O–H groups in total. The van der Waals surface area contributed by atoms with E-state index >= 15 is 0 Å². The van der Waals surface area contributed by atoms with Crippen molar-refractivity contribution in [2.45, 2.75) is 39.5 Å². The van der Waals surface area contributed by atoms with Crippen molar-refractivity contribution in [2.75, 3.05) is 18.5 Å². The molecule has 106 valence electrons. The third kappa shape index (κ3) is 5.73. The van der Waals surface area contributed by atoms with Gasteiger partial charge in [0.2, 0.25) is 0 Å². The summed E-state index contributed by atoms with van der Waals surface area (Å²) >= 11 is 0. The quantitative estimate of drug-likeness (QED) is 0.577. The van der Waals surface area contributed by atoms with Crippen LogP contribution in [-0.2, 0) is 9.53 Å². The van der Waals surface area contributed by atoms with Crippen LogP contribution in [0.2, 0.25) is 0 Å². The molecular formula is C15H22FNO2. The Kier molecular flexibility index (Phi) is 6.93. The molecule has 3 nitrogen and oxygen atoms in total. The lowest BCUT2D eigenvalue weighted by atomic mass is 10.1. The number of aryl methyl sites for hydroxylation is 1. The molecule has 0 fully saturated rings. The van der Waals surface area contributed by atoms with Gasteiger partial charge in [0.1, 0.15) is 5.82 Å². The van der Waals surface area contributed by atoms with Crippen LogP contribution in [0.3, 0.4) is 0 Å². The van der Waals surface area contributed by atoms with Gasteiger partial charge in [-0.3, -0.25) is 4.79 Å². The van der Waals surface area contributed by atoms with Crippen molar-refractivity contribution < 1.29 is 13.9 Å². The summed E-state index contributed by atoms with van der Waals surface area (Å²) in [6.45, 7) is 4.84. The first-order valence-corrected chi connectivity index (χ1v) is 6.79. The van der Waals surface area contributed by atoms with Crippen LogP contribution < -0.4 is 5.32 Å². The molecule has 0 aliphatic heterocycles. The molecule has 0 unspecified atom stereocenters. The maximum Gasteiger partial charge on any atom is 0.305 e. The first-order valence-electron chi connectivity index (χ1n) is 6.79. The van der Waals surface area contributed by atoms with Gasteiger partial charge in [-0.05, 0) is 38.3 Å². The van der Waals surface area contributed by atoms with Crippen LogP contribution in [0, 0.1) is 12.7 Å². The Morgan fingerprint density at radius 3 is 2.79 bits per heavy atom. The number of carbonyl (C=O) groups excluding carboxylic acids is 1. The van der Waals surface area contributed by atoms with Crippen LogP contribution in [0.4, 0.5) is 10.1 Å². The summed E-state index contributed by atoms with van der Waals surface area (Å²) in [4.78, 5) is 11.1. The number of carbonyl (C=O) groups is 1. The van der Waals surface area contributed by atoms with Gasteiger partial charge in [-0.15, -0.1) is 0 Å². The Labute approximate surface area is 114 Å². The van der Waals surface area contributed by atoms with E-state index in [-0.39, 0.29) is 11.8 Å². The highest BCUT2D eigenvalue weighted by Crippen LogP contribution is 2.18. The highest BCUT2D eigenvalue weighted by Gasteiger charge is 2.04. The first kappa shape index (κ1) is 15.5. The molecular weight excluding hydrogens is 245 g/mol. The minimum atomic E-state index is -0.216. The van der Waals surface area contributed by atoms with Crippen molar-refractivity contribution in [3.8, 4) is 0 Å². The zero-order valence-corrected chi connectivity index (χ0v) is 11.7. The Morgan fingerprint density at radius 2 is 2.11 bits per heavy atom.